The van der Waals surface area contributed by atoms with E-state index >= 15 is 0 Å². The molecule has 0 spiro atoms. The van der Waals surface area contributed by atoms with Crippen LogP contribution in [0.1, 0.15) is 15.9 Å². The summed E-state index contributed by atoms with van der Waals surface area (Å²) in [5.74, 6) is -0.475. The summed E-state index contributed by atoms with van der Waals surface area (Å²) in [6.45, 7) is 1.85. The number of halogens is 1. The Morgan fingerprint density at radius 3 is 2.74 bits per heavy atom. The van der Waals surface area contributed by atoms with Crippen LogP contribution in [0.2, 0.25) is 5.02 Å². The lowest BCUT2D eigenvalue weighted by atomic mass is 10.1. The zero-order chi connectivity index (χ0) is 13.8. The summed E-state index contributed by atoms with van der Waals surface area (Å²) >= 11 is 5.83. The lowest BCUT2D eigenvalue weighted by Crippen LogP contribution is -2.29. The highest BCUT2D eigenvalue weighted by Crippen LogP contribution is 2.18. The second-order valence-electron chi connectivity index (χ2n) is 4.11. The van der Waals surface area contributed by atoms with Crippen molar-refractivity contribution >= 4 is 23.2 Å². The number of aromatic hydroxyl groups is 1. The maximum atomic E-state index is 11.9. The number of anilines is 1. The first-order valence-electron chi connectivity index (χ1n) is 5.68. The molecule has 0 atom stereocenters. The van der Waals surface area contributed by atoms with Crippen LogP contribution in [-0.2, 0) is 0 Å². The number of amides is 1. The maximum absolute atomic E-state index is 11.9. The molecule has 19 heavy (non-hydrogen) atoms. The summed E-state index contributed by atoms with van der Waals surface area (Å²) in [5, 5.41) is 10.2. The van der Waals surface area contributed by atoms with Gasteiger partial charge in [0.15, 0.2) is 0 Å². The highest BCUT2D eigenvalue weighted by molar-refractivity contribution is 6.30. The SMILES string of the molecule is Cc1ccc(O)c(C(=O)NNc2cccc(Cl)c2)c1. The van der Waals surface area contributed by atoms with Crippen LogP contribution in [-0.4, -0.2) is 11.0 Å². The number of hydrazine groups is 1. The fourth-order valence-electron chi connectivity index (χ4n) is 1.59. The van der Waals surface area contributed by atoms with Gasteiger partial charge in [0.25, 0.3) is 5.91 Å². The molecule has 3 N–H and O–H groups in total. The van der Waals surface area contributed by atoms with Gasteiger partial charge in [0.2, 0.25) is 0 Å². The Hall–Kier alpha value is -2.20. The van der Waals surface area contributed by atoms with Gasteiger partial charge in [-0.25, -0.2) is 0 Å². The van der Waals surface area contributed by atoms with Crippen LogP contribution in [0.15, 0.2) is 42.5 Å². The highest BCUT2D eigenvalue weighted by atomic mass is 35.5. The van der Waals surface area contributed by atoms with Crippen molar-refractivity contribution in [3.8, 4) is 5.75 Å². The quantitative estimate of drug-likeness (QED) is 0.755. The summed E-state index contributed by atoms with van der Waals surface area (Å²) in [7, 11) is 0. The molecule has 1 amide bonds. The second kappa shape index (κ2) is 5.63. The molecule has 4 nitrogen and oxygen atoms in total. The van der Waals surface area contributed by atoms with E-state index in [1.54, 1.807) is 36.4 Å². The summed E-state index contributed by atoms with van der Waals surface area (Å²) < 4.78 is 0. The second-order valence-corrected chi connectivity index (χ2v) is 4.55. The first kappa shape index (κ1) is 13.2. The van der Waals surface area contributed by atoms with Crippen molar-refractivity contribution in [2.24, 2.45) is 0 Å². The van der Waals surface area contributed by atoms with Crippen molar-refractivity contribution in [1.82, 2.24) is 5.43 Å². The molecule has 0 radical (unpaired) electrons. The standard InChI is InChI=1S/C14H13ClN2O2/c1-9-5-6-13(18)12(7-9)14(19)17-16-11-4-2-3-10(15)8-11/h2-8,16,18H,1H3,(H,17,19). The highest BCUT2D eigenvalue weighted by Gasteiger charge is 2.10. The molecule has 5 heteroatoms. The Labute approximate surface area is 116 Å². The number of hydrogen-bond acceptors (Lipinski definition) is 3. The molecule has 0 bridgehead atoms. The molecule has 2 aromatic rings. The molecule has 2 rings (SSSR count). The van der Waals surface area contributed by atoms with E-state index in [1.807, 2.05) is 6.92 Å². The Morgan fingerprint density at radius 1 is 1.21 bits per heavy atom. The Bertz CT molecular complexity index is 614. The molecule has 0 unspecified atom stereocenters. The summed E-state index contributed by atoms with van der Waals surface area (Å²) in [4.78, 5) is 11.9. The van der Waals surface area contributed by atoms with Crippen LogP contribution >= 0.6 is 11.6 Å². The minimum atomic E-state index is -0.416. The number of benzene rings is 2. The Morgan fingerprint density at radius 2 is 2.00 bits per heavy atom. The summed E-state index contributed by atoms with van der Waals surface area (Å²) in [6.07, 6.45) is 0. The van der Waals surface area contributed by atoms with E-state index < -0.39 is 5.91 Å². The first-order chi connectivity index (χ1) is 9.06. The van der Waals surface area contributed by atoms with Crippen molar-refractivity contribution < 1.29 is 9.90 Å². The molecular formula is C14H13ClN2O2. The van der Waals surface area contributed by atoms with E-state index in [0.717, 1.165) is 5.56 Å². The van der Waals surface area contributed by atoms with Crippen LogP contribution in [0.3, 0.4) is 0 Å². The molecule has 0 fully saturated rings. The van der Waals surface area contributed by atoms with Crippen molar-refractivity contribution in [1.29, 1.82) is 0 Å². The van der Waals surface area contributed by atoms with Crippen molar-refractivity contribution in [3.63, 3.8) is 0 Å². The predicted octanol–water partition coefficient (Wildman–Crippen LogP) is 3.11. The maximum Gasteiger partial charge on any atom is 0.273 e. The molecule has 2 aromatic carbocycles. The third-order valence-corrected chi connectivity index (χ3v) is 2.78. The van der Waals surface area contributed by atoms with Crippen LogP contribution in [0, 0.1) is 6.92 Å². The monoisotopic (exact) mass is 276 g/mol. The molecule has 0 heterocycles. The number of phenolic OH excluding ortho intramolecular Hbond substituents is 1. The summed E-state index contributed by atoms with van der Waals surface area (Å²) in [5.41, 5.74) is 7.01. The number of carbonyl (C=O) groups is 1. The molecule has 0 saturated heterocycles. The number of hydrogen-bond donors (Lipinski definition) is 3. The molecule has 0 aromatic heterocycles. The molecule has 0 saturated carbocycles. The Balaban J connectivity index is 2.07. The Kier molecular flexibility index (Phi) is 3.92. The number of carbonyl (C=O) groups excluding carboxylic acids is 1. The topological polar surface area (TPSA) is 61.4 Å². The van der Waals surface area contributed by atoms with Crippen LogP contribution in [0.25, 0.3) is 0 Å². The average Bonchev–Trinajstić information content (AvgIpc) is 2.39. The minimum Gasteiger partial charge on any atom is -0.507 e. The molecular weight excluding hydrogens is 264 g/mol. The van der Waals surface area contributed by atoms with Crippen LogP contribution < -0.4 is 10.9 Å². The van der Waals surface area contributed by atoms with Crippen molar-refractivity contribution in [2.45, 2.75) is 6.92 Å². The summed E-state index contributed by atoms with van der Waals surface area (Å²) in [6, 6.07) is 11.8. The normalized spacial score (nSPS) is 10.0. The smallest absolute Gasteiger partial charge is 0.273 e. The number of nitrogens with one attached hydrogen (secondary N) is 2. The van der Waals surface area contributed by atoms with Gasteiger partial charge < -0.3 is 5.11 Å². The van der Waals surface area contributed by atoms with Gasteiger partial charge in [-0.2, -0.15) is 0 Å². The number of aryl methyl sites for hydroxylation is 1. The van der Waals surface area contributed by atoms with Gasteiger partial charge >= 0.3 is 0 Å². The number of rotatable bonds is 3. The van der Waals surface area contributed by atoms with Gasteiger partial charge in [0.05, 0.1) is 11.3 Å². The van der Waals surface area contributed by atoms with Crippen molar-refractivity contribution in [2.75, 3.05) is 5.43 Å². The fourth-order valence-corrected chi connectivity index (χ4v) is 1.78. The molecule has 0 aliphatic carbocycles. The zero-order valence-electron chi connectivity index (χ0n) is 10.3. The fraction of sp³-hybridized carbons (Fsp3) is 0.0714. The average molecular weight is 277 g/mol. The third kappa shape index (κ3) is 3.39. The zero-order valence-corrected chi connectivity index (χ0v) is 11.0. The van der Waals surface area contributed by atoms with Gasteiger partial charge in [0, 0.05) is 5.02 Å². The van der Waals surface area contributed by atoms with Gasteiger partial charge in [-0.05, 0) is 37.3 Å². The van der Waals surface area contributed by atoms with E-state index in [-0.39, 0.29) is 11.3 Å². The van der Waals surface area contributed by atoms with E-state index in [0.29, 0.717) is 10.7 Å². The van der Waals surface area contributed by atoms with Gasteiger partial charge in [-0.15, -0.1) is 0 Å². The third-order valence-electron chi connectivity index (χ3n) is 2.54. The van der Waals surface area contributed by atoms with Gasteiger partial charge in [-0.1, -0.05) is 29.3 Å². The van der Waals surface area contributed by atoms with Crippen LogP contribution in [0.4, 0.5) is 5.69 Å². The predicted molar refractivity (Wildman–Crippen MR) is 75.4 cm³/mol. The molecule has 0 aliphatic rings. The lowest BCUT2D eigenvalue weighted by Gasteiger charge is -2.10. The van der Waals surface area contributed by atoms with E-state index in [2.05, 4.69) is 10.9 Å². The van der Waals surface area contributed by atoms with E-state index in [1.165, 1.54) is 6.07 Å². The first-order valence-corrected chi connectivity index (χ1v) is 6.05. The minimum absolute atomic E-state index is 0.0593. The lowest BCUT2D eigenvalue weighted by molar-refractivity contribution is 0.0960. The number of phenols is 1. The molecule has 98 valence electrons. The van der Waals surface area contributed by atoms with Crippen LogP contribution in [0.5, 0.6) is 5.75 Å². The van der Waals surface area contributed by atoms with Gasteiger partial charge in [-0.3, -0.25) is 15.6 Å². The molecule has 0 aliphatic heterocycles. The van der Waals surface area contributed by atoms with Gasteiger partial charge in [0.1, 0.15) is 5.75 Å². The van der Waals surface area contributed by atoms with Crippen molar-refractivity contribution in [3.05, 3.63) is 58.6 Å². The van der Waals surface area contributed by atoms with E-state index in [9.17, 15) is 9.90 Å². The van der Waals surface area contributed by atoms with E-state index in [4.69, 9.17) is 11.6 Å². The largest absolute Gasteiger partial charge is 0.507 e.